The van der Waals surface area contributed by atoms with Crippen LogP contribution >= 0.6 is 0 Å². The molecule has 4 fully saturated rings. The third-order valence-electron chi connectivity index (χ3n) is 16.2. The molecule has 6 rings (SSSR count). The molecule has 5 aliphatic carbocycles. The topological polar surface area (TPSA) is 154 Å². The standard InChI is InChI=1S/C47H66O10/c1-42(2)23-25-47(41(54)55-29-30-13-9-8-10-14-30)26-24-45(6)31(32(47)27-42)19-20-35-44(5)28-33(56-38(52)17-11-15-36(48)49)40(57-39(53)18-12-16-37(50)51)43(3,4)34(44)21-22-46(35,45)7/h8-10,13-14,19,32-35,40H,11-12,15-18,20-29H2,1-7H3,(H,48,49)(H,50,51)/t32-,33+,34-,35+,40-,44-,45+,46+,47-/m0/s1. The summed E-state index contributed by atoms with van der Waals surface area (Å²) in [4.78, 5) is 63.4. The fourth-order valence-electron chi connectivity index (χ4n) is 13.1. The first kappa shape index (κ1) is 42.9. The second-order valence-corrected chi connectivity index (χ2v) is 20.4. The molecule has 0 saturated heterocycles. The lowest BCUT2D eigenvalue weighted by Gasteiger charge is -2.71. The zero-order chi connectivity index (χ0) is 41.6. The molecular weight excluding hydrogens is 725 g/mol. The number of carbonyl (C=O) groups excluding carboxylic acids is 3. The van der Waals surface area contributed by atoms with Crippen LogP contribution in [0.25, 0.3) is 0 Å². The molecule has 0 amide bonds. The summed E-state index contributed by atoms with van der Waals surface area (Å²) in [6, 6.07) is 9.91. The fraction of sp³-hybridized carbons (Fsp3) is 0.723. The summed E-state index contributed by atoms with van der Waals surface area (Å²) in [5.41, 5.74) is 0.728. The van der Waals surface area contributed by atoms with Crippen molar-refractivity contribution in [3.8, 4) is 0 Å². The molecule has 1 aromatic rings. The third-order valence-corrected chi connectivity index (χ3v) is 16.2. The van der Waals surface area contributed by atoms with E-state index in [1.165, 1.54) is 5.57 Å². The number of benzene rings is 1. The zero-order valence-corrected chi connectivity index (χ0v) is 35.3. The lowest BCUT2D eigenvalue weighted by atomic mass is 9.33. The maximum Gasteiger partial charge on any atom is 0.313 e. The van der Waals surface area contributed by atoms with E-state index in [1.807, 2.05) is 30.3 Å². The molecule has 0 aromatic heterocycles. The molecular formula is C47H66O10. The van der Waals surface area contributed by atoms with Crippen molar-refractivity contribution in [3.05, 3.63) is 47.5 Å². The maximum absolute atomic E-state index is 14.4. The van der Waals surface area contributed by atoms with Crippen molar-refractivity contribution in [2.45, 2.75) is 164 Å². The third kappa shape index (κ3) is 7.92. The number of carboxylic acid groups (broad SMARTS) is 2. The summed E-state index contributed by atoms with van der Waals surface area (Å²) < 4.78 is 18.6. The van der Waals surface area contributed by atoms with Crippen LogP contribution in [-0.2, 0) is 44.8 Å². The molecule has 0 heterocycles. The molecule has 0 aliphatic heterocycles. The highest BCUT2D eigenvalue weighted by Crippen LogP contribution is 2.76. The Labute approximate surface area is 338 Å². The number of hydrogen-bond donors (Lipinski definition) is 2. The van der Waals surface area contributed by atoms with E-state index < -0.39 is 46.9 Å². The Kier molecular flexibility index (Phi) is 11.9. The van der Waals surface area contributed by atoms with Crippen LogP contribution < -0.4 is 0 Å². The summed E-state index contributed by atoms with van der Waals surface area (Å²) in [5.74, 6) is -2.62. The summed E-state index contributed by atoms with van der Waals surface area (Å²) in [6.07, 6.45) is 8.46. The molecule has 0 radical (unpaired) electrons. The minimum atomic E-state index is -0.981. The monoisotopic (exact) mass is 790 g/mol. The van der Waals surface area contributed by atoms with Gasteiger partial charge < -0.3 is 24.4 Å². The van der Waals surface area contributed by atoms with Crippen LogP contribution in [0.3, 0.4) is 0 Å². The van der Waals surface area contributed by atoms with Crippen LogP contribution in [0.15, 0.2) is 42.0 Å². The van der Waals surface area contributed by atoms with Crippen molar-refractivity contribution >= 4 is 29.8 Å². The van der Waals surface area contributed by atoms with E-state index in [-0.39, 0.29) is 90.5 Å². The van der Waals surface area contributed by atoms with Gasteiger partial charge in [0.1, 0.15) is 18.8 Å². The van der Waals surface area contributed by atoms with Crippen LogP contribution in [0.2, 0.25) is 0 Å². The first-order chi connectivity index (χ1) is 26.7. The SMILES string of the molecule is CC1(C)CC[C@]2(C(=O)OCc3ccccc3)CC[C@]3(C)C(=CC[C@@H]4[C@@]5(C)C[C@@H](OC(=O)CCCC(=O)O)[C@H](OC(=O)CCCC(=O)O)C(C)(C)[C@@H]5CC[C@]43C)[C@@H]2C1. The van der Waals surface area contributed by atoms with E-state index in [1.54, 1.807) is 0 Å². The predicted molar refractivity (Wildman–Crippen MR) is 213 cm³/mol. The van der Waals surface area contributed by atoms with Gasteiger partial charge >= 0.3 is 29.8 Å². The van der Waals surface area contributed by atoms with Crippen LogP contribution in [0.1, 0.15) is 150 Å². The lowest BCUT2D eigenvalue weighted by molar-refractivity contribution is -0.245. The Hall–Kier alpha value is -3.69. The van der Waals surface area contributed by atoms with Gasteiger partial charge in [0.25, 0.3) is 0 Å². The van der Waals surface area contributed by atoms with E-state index in [0.29, 0.717) is 6.42 Å². The average Bonchev–Trinajstić information content (AvgIpc) is 3.12. The number of esters is 3. The first-order valence-corrected chi connectivity index (χ1v) is 21.4. The van der Waals surface area contributed by atoms with Crippen molar-refractivity contribution < 1.29 is 48.4 Å². The van der Waals surface area contributed by atoms with E-state index in [9.17, 15) is 29.1 Å². The van der Waals surface area contributed by atoms with Gasteiger partial charge in [0.05, 0.1) is 5.41 Å². The van der Waals surface area contributed by atoms with Gasteiger partial charge in [0.15, 0.2) is 0 Å². The Morgan fingerprint density at radius 1 is 0.719 bits per heavy atom. The average molecular weight is 791 g/mol. The maximum atomic E-state index is 14.4. The number of carboxylic acids is 2. The Bertz CT molecular complexity index is 1750. The molecule has 0 spiro atoms. The number of hydrogen-bond acceptors (Lipinski definition) is 8. The second kappa shape index (κ2) is 15.8. The largest absolute Gasteiger partial charge is 0.481 e. The number of allylic oxidation sites excluding steroid dienone is 2. The lowest BCUT2D eigenvalue weighted by Crippen LogP contribution is -2.67. The van der Waals surface area contributed by atoms with Crippen molar-refractivity contribution in [2.75, 3.05) is 0 Å². The normalized spacial score (nSPS) is 36.1. The molecule has 9 atom stereocenters. The summed E-state index contributed by atoms with van der Waals surface area (Å²) in [7, 11) is 0. The van der Waals surface area contributed by atoms with Gasteiger partial charge in [-0.05, 0) is 116 Å². The number of rotatable bonds is 13. The molecule has 0 bridgehead atoms. The minimum Gasteiger partial charge on any atom is -0.481 e. The fourth-order valence-corrected chi connectivity index (χ4v) is 13.1. The van der Waals surface area contributed by atoms with Gasteiger partial charge in [-0.1, -0.05) is 90.4 Å². The summed E-state index contributed by atoms with van der Waals surface area (Å²) in [5, 5.41) is 18.3. The molecule has 10 nitrogen and oxygen atoms in total. The van der Waals surface area contributed by atoms with Crippen LogP contribution in [0, 0.1) is 50.2 Å². The highest BCUT2D eigenvalue weighted by Gasteiger charge is 2.71. The number of fused-ring (bicyclic) bond motifs is 7. The Balaban J connectivity index is 1.32. The molecule has 10 heteroatoms. The van der Waals surface area contributed by atoms with Gasteiger partial charge in [-0.15, -0.1) is 0 Å². The van der Waals surface area contributed by atoms with E-state index in [0.717, 1.165) is 56.9 Å². The van der Waals surface area contributed by atoms with Crippen LogP contribution in [0.4, 0.5) is 0 Å². The summed E-state index contributed by atoms with van der Waals surface area (Å²) >= 11 is 0. The van der Waals surface area contributed by atoms with Crippen LogP contribution in [-0.4, -0.2) is 52.3 Å². The van der Waals surface area contributed by atoms with Crippen molar-refractivity contribution in [3.63, 3.8) is 0 Å². The van der Waals surface area contributed by atoms with Crippen LogP contribution in [0.5, 0.6) is 0 Å². The van der Waals surface area contributed by atoms with E-state index >= 15 is 0 Å². The van der Waals surface area contributed by atoms with Crippen molar-refractivity contribution in [2.24, 2.45) is 50.2 Å². The predicted octanol–water partition coefficient (Wildman–Crippen LogP) is 9.47. The molecule has 57 heavy (non-hydrogen) atoms. The van der Waals surface area contributed by atoms with Gasteiger partial charge in [0, 0.05) is 31.1 Å². The molecule has 5 aliphatic rings. The first-order valence-electron chi connectivity index (χ1n) is 21.4. The summed E-state index contributed by atoms with van der Waals surface area (Å²) in [6.45, 7) is 16.4. The number of aliphatic carboxylic acids is 2. The zero-order valence-electron chi connectivity index (χ0n) is 35.3. The van der Waals surface area contributed by atoms with Crippen molar-refractivity contribution in [1.29, 1.82) is 0 Å². The molecule has 0 unspecified atom stereocenters. The molecule has 314 valence electrons. The van der Waals surface area contributed by atoms with E-state index in [2.05, 4.69) is 54.5 Å². The number of ether oxygens (including phenoxy) is 3. The smallest absolute Gasteiger partial charge is 0.313 e. The highest BCUT2D eigenvalue weighted by atomic mass is 16.6. The highest BCUT2D eigenvalue weighted by molar-refractivity contribution is 5.79. The van der Waals surface area contributed by atoms with Crippen molar-refractivity contribution in [1.82, 2.24) is 0 Å². The molecule has 2 N–H and O–H groups in total. The quantitative estimate of drug-likeness (QED) is 0.112. The minimum absolute atomic E-state index is 0.0496. The molecule has 4 saturated carbocycles. The number of carbonyl (C=O) groups is 5. The van der Waals surface area contributed by atoms with Gasteiger partial charge in [-0.25, -0.2) is 0 Å². The Morgan fingerprint density at radius 2 is 1.33 bits per heavy atom. The van der Waals surface area contributed by atoms with Gasteiger partial charge in [0.2, 0.25) is 0 Å². The van der Waals surface area contributed by atoms with E-state index in [4.69, 9.17) is 19.3 Å². The van der Waals surface area contributed by atoms with Gasteiger partial charge in [-0.3, -0.25) is 24.0 Å². The second-order valence-electron chi connectivity index (χ2n) is 20.4. The Morgan fingerprint density at radius 3 is 1.96 bits per heavy atom. The molecule has 1 aromatic carbocycles. The van der Waals surface area contributed by atoms with Gasteiger partial charge in [-0.2, -0.15) is 0 Å².